The normalized spacial score (nSPS) is 29.3. The van der Waals surface area contributed by atoms with E-state index in [9.17, 15) is 16.8 Å². The van der Waals surface area contributed by atoms with E-state index in [1.54, 1.807) is 4.31 Å². The largest absolute Gasteiger partial charge is 0.282 e. The van der Waals surface area contributed by atoms with Gasteiger partial charge in [-0.3, -0.25) is 0 Å². The van der Waals surface area contributed by atoms with Crippen molar-refractivity contribution in [2.24, 2.45) is 5.41 Å². The standard InChI is InChI=1S/C18H26N2O4S2/c21-25(22)13-11-19(12-14-25)26(23,24)20-15-18(9-5-2-6-10-18)17(20)16-7-3-1-4-8-16/h1,3-4,7-8,17H,2,5-6,9-15H2. The molecule has 3 aliphatic rings. The van der Waals surface area contributed by atoms with Crippen LogP contribution in [0, 0.1) is 5.41 Å². The molecule has 0 amide bonds. The zero-order chi connectivity index (χ0) is 18.4. The molecule has 3 fully saturated rings. The zero-order valence-electron chi connectivity index (χ0n) is 14.9. The summed E-state index contributed by atoms with van der Waals surface area (Å²) >= 11 is 0. The van der Waals surface area contributed by atoms with Crippen molar-refractivity contribution in [1.82, 2.24) is 8.61 Å². The molecule has 6 nitrogen and oxygen atoms in total. The quantitative estimate of drug-likeness (QED) is 0.780. The highest BCUT2D eigenvalue weighted by Gasteiger charge is 2.58. The molecule has 2 aliphatic heterocycles. The summed E-state index contributed by atoms with van der Waals surface area (Å²) in [5.41, 5.74) is 1.09. The molecule has 0 N–H and O–H groups in total. The lowest BCUT2D eigenvalue weighted by Crippen LogP contribution is -2.64. The fourth-order valence-corrected chi connectivity index (χ4v) is 8.22. The predicted molar refractivity (Wildman–Crippen MR) is 101 cm³/mol. The Kier molecular flexibility index (Phi) is 4.66. The monoisotopic (exact) mass is 398 g/mol. The minimum absolute atomic E-state index is 0.0362. The van der Waals surface area contributed by atoms with E-state index < -0.39 is 20.0 Å². The average Bonchev–Trinajstić information content (AvgIpc) is 2.61. The third-order valence-electron chi connectivity index (χ3n) is 6.23. The maximum absolute atomic E-state index is 13.2. The van der Waals surface area contributed by atoms with Crippen LogP contribution in [0.2, 0.25) is 0 Å². The van der Waals surface area contributed by atoms with Crippen molar-refractivity contribution in [2.75, 3.05) is 31.1 Å². The van der Waals surface area contributed by atoms with Gasteiger partial charge in [-0.05, 0) is 18.4 Å². The van der Waals surface area contributed by atoms with Gasteiger partial charge in [0.05, 0.1) is 17.5 Å². The van der Waals surface area contributed by atoms with Gasteiger partial charge in [-0.2, -0.15) is 17.0 Å². The third kappa shape index (κ3) is 3.10. The first-order valence-electron chi connectivity index (χ1n) is 9.36. The molecule has 1 unspecified atom stereocenters. The van der Waals surface area contributed by atoms with Crippen LogP contribution in [0.25, 0.3) is 0 Å². The lowest BCUT2D eigenvalue weighted by atomic mass is 9.62. The highest BCUT2D eigenvalue weighted by Crippen LogP contribution is 2.58. The highest BCUT2D eigenvalue weighted by atomic mass is 32.2. The van der Waals surface area contributed by atoms with Crippen LogP contribution in [0.4, 0.5) is 0 Å². The van der Waals surface area contributed by atoms with Crippen LogP contribution in [0.3, 0.4) is 0 Å². The van der Waals surface area contributed by atoms with Crippen molar-refractivity contribution in [3.63, 3.8) is 0 Å². The van der Waals surface area contributed by atoms with E-state index in [1.165, 1.54) is 10.7 Å². The number of rotatable bonds is 3. The van der Waals surface area contributed by atoms with Crippen molar-refractivity contribution in [3.8, 4) is 0 Å². The van der Waals surface area contributed by atoms with Crippen LogP contribution in [-0.4, -0.2) is 56.6 Å². The molecule has 4 rings (SSSR count). The van der Waals surface area contributed by atoms with Gasteiger partial charge in [0.25, 0.3) is 10.2 Å². The second-order valence-electron chi connectivity index (χ2n) is 7.84. The van der Waals surface area contributed by atoms with Gasteiger partial charge in [-0.15, -0.1) is 0 Å². The number of nitrogens with zero attached hydrogens (tertiary/aromatic N) is 2. The van der Waals surface area contributed by atoms with Crippen LogP contribution >= 0.6 is 0 Å². The van der Waals surface area contributed by atoms with Crippen LogP contribution in [0.5, 0.6) is 0 Å². The average molecular weight is 399 g/mol. The van der Waals surface area contributed by atoms with Gasteiger partial charge in [-0.25, -0.2) is 8.42 Å². The van der Waals surface area contributed by atoms with Gasteiger partial charge in [0.1, 0.15) is 0 Å². The first-order valence-corrected chi connectivity index (χ1v) is 12.6. The van der Waals surface area contributed by atoms with E-state index in [2.05, 4.69) is 0 Å². The fraction of sp³-hybridized carbons (Fsp3) is 0.667. The Morgan fingerprint density at radius 1 is 0.962 bits per heavy atom. The van der Waals surface area contributed by atoms with Crippen LogP contribution in [0.15, 0.2) is 30.3 Å². The second kappa shape index (κ2) is 6.58. The molecule has 1 saturated carbocycles. The molecule has 0 radical (unpaired) electrons. The third-order valence-corrected chi connectivity index (χ3v) is 9.79. The summed E-state index contributed by atoms with van der Waals surface area (Å²) in [5, 5.41) is 0. The highest BCUT2D eigenvalue weighted by molar-refractivity contribution is 7.91. The van der Waals surface area contributed by atoms with Crippen LogP contribution < -0.4 is 0 Å². The molecule has 1 atom stereocenters. The van der Waals surface area contributed by atoms with Crippen molar-refractivity contribution in [2.45, 2.75) is 38.1 Å². The van der Waals surface area contributed by atoms with Gasteiger partial charge in [0.2, 0.25) is 0 Å². The summed E-state index contributed by atoms with van der Waals surface area (Å²) in [6.07, 6.45) is 5.65. The Bertz CT molecular complexity index is 848. The minimum atomic E-state index is -3.65. The van der Waals surface area contributed by atoms with Crippen molar-refractivity contribution in [3.05, 3.63) is 35.9 Å². The summed E-state index contributed by atoms with van der Waals surface area (Å²) in [5.74, 6) is -0.164. The molecular weight excluding hydrogens is 372 g/mol. The maximum atomic E-state index is 13.2. The fourth-order valence-electron chi connectivity index (χ4n) is 4.81. The predicted octanol–water partition coefficient (Wildman–Crippen LogP) is 1.97. The summed E-state index contributed by atoms with van der Waals surface area (Å²) in [6, 6.07) is 9.77. The zero-order valence-corrected chi connectivity index (χ0v) is 16.5. The molecule has 26 heavy (non-hydrogen) atoms. The van der Waals surface area contributed by atoms with E-state index in [4.69, 9.17) is 0 Å². The Morgan fingerprint density at radius 3 is 2.19 bits per heavy atom. The van der Waals surface area contributed by atoms with Crippen molar-refractivity contribution >= 4 is 20.0 Å². The number of benzene rings is 1. The summed E-state index contributed by atoms with van der Waals surface area (Å²) < 4.78 is 52.8. The molecule has 1 aliphatic carbocycles. The molecule has 8 heteroatoms. The van der Waals surface area contributed by atoms with Crippen LogP contribution in [-0.2, 0) is 20.0 Å². The Labute approximate surface area is 156 Å². The van der Waals surface area contributed by atoms with Gasteiger partial charge in [0.15, 0.2) is 9.84 Å². The minimum Gasteiger partial charge on any atom is -0.229 e. The molecule has 144 valence electrons. The SMILES string of the molecule is O=S1(=O)CCN(S(=O)(=O)N2CC3(CCCCC3)C2c2ccccc2)CC1. The van der Waals surface area contributed by atoms with E-state index in [0.29, 0.717) is 6.54 Å². The van der Waals surface area contributed by atoms with E-state index in [0.717, 1.165) is 31.2 Å². The molecule has 2 saturated heterocycles. The Balaban J connectivity index is 1.63. The van der Waals surface area contributed by atoms with Crippen LogP contribution in [0.1, 0.15) is 43.7 Å². The first-order chi connectivity index (χ1) is 12.3. The summed E-state index contributed by atoms with van der Waals surface area (Å²) in [7, 11) is -6.75. The van der Waals surface area contributed by atoms with Gasteiger partial charge >= 0.3 is 0 Å². The molecule has 0 aromatic heterocycles. The maximum Gasteiger partial charge on any atom is 0.282 e. The number of hydrogen-bond acceptors (Lipinski definition) is 4. The van der Waals surface area contributed by atoms with Crippen molar-refractivity contribution < 1.29 is 16.8 Å². The van der Waals surface area contributed by atoms with Gasteiger partial charge in [0, 0.05) is 25.0 Å². The number of hydrogen-bond donors (Lipinski definition) is 0. The van der Waals surface area contributed by atoms with Crippen molar-refractivity contribution in [1.29, 1.82) is 0 Å². The lowest BCUT2D eigenvalue weighted by molar-refractivity contribution is -0.0475. The molecule has 1 aromatic rings. The smallest absolute Gasteiger partial charge is 0.229 e. The van der Waals surface area contributed by atoms with E-state index in [1.807, 2.05) is 30.3 Å². The summed E-state index contributed by atoms with van der Waals surface area (Å²) in [4.78, 5) is 0. The number of sulfone groups is 1. The molecular formula is C18H26N2O4S2. The lowest BCUT2D eigenvalue weighted by Gasteiger charge is -2.59. The Morgan fingerprint density at radius 2 is 1.58 bits per heavy atom. The van der Waals surface area contributed by atoms with Gasteiger partial charge in [-0.1, -0.05) is 49.6 Å². The Hall–Kier alpha value is -0.960. The molecule has 0 bridgehead atoms. The topological polar surface area (TPSA) is 74.8 Å². The molecule has 2 heterocycles. The summed E-state index contributed by atoms with van der Waals surface area (Å²) in [6.45, 7) is 0.684. The van der Waals surface area contributed by atoms with Gasteiger partial charge < -0.3 is 0 Å². The molecule has 1 aromatic carbocycles. The first kappa shape index (κ1) is 18.4. The van der Waals surface area contributed by atoms with E-state index in [-0.39, 0.29) is 36.1 Å². The molecule has 1 spiro atoms. The second-order valence-corrected chi connectivity index (χ2v) is 12.0. The van der Waals surface area contributed by atoms with E-state index >= 15 is 0 Å².